The van der Waals surface area contributed by atoms with Crippen LogP contribution in [0.5, 0.6) is 0 Å². The molecule has 3 heterocycles. The molecule has 1 aliphatic rings. The number of hydrogen-bond acceptors (Lipinski definition) is 8. The summed E-state index contributed by atoms with van der Waals surface area (Å²) in [6.45, 7) is 0.239. The first kappa shape index (κ1) is 27.0. The number of sulfonamides is 1. The predicted molar refractivity (Wildman–Crippen MR) is 129 cm³/mol. The van der Waals surface area contributed by atoms with Gasteiger partial charge in [-0.05, 0) is 12.1 Å². The molecular weight excluding hydrogens is 563 g/mol. The van der Waals surface area contributed by atoms with Crippen LogP contribution in [0, 0.1) is 4.51 Å². The zero-order valence-electron chi connectivity index (χ0n) is 19.0. The first-order valence-corrected chi connectivity index (χ1v) is 14.2. The first-order valence-electron chi connectivity index (χ1n) is 10.1. The quantitative estimate of drug-likeness (QED) is 0.288. The fourth-order valence-corrected chi connectivity index (χ4v) is 6.45. The SMILES string of the molecule is Cn1c(=O)c2c(ncn2CCSCC2=NS(=O)(O)=c3cc(S(N)(=O)=O)c(C(F)(F)F)cc3=N2)n(C)c1=O. The summed E-state index contributed by atoms with van der Waals surface area (Å²) >= 11 is 1.15. The standard InChI is InChI=1S/C18H18F3N7O6S3/c1-26-15-14(16(29)27(2)17(26)30)28(8-23-15)3-4-35-7-13-24-10-5-9(18(19,20)21)11(36(22,31)32)6-12(10)37(33,34)25-13/h5-6,8H,3-4,7H2,1-2H3,(H2,22,31,32)(H,24,25,33,34). The van der Waals surface area contributed by atoms with Crippen LogP contribution in [-0.2, 0) is 46.8 Å². The molecule has 0 saturated heterocycles. The van der Waals surface area contributed by atoms with Crippen molar-refractivity contribution in [3.8, 4) is 0 Å². The molecule has 1 aliphatic heterocycles. The highest BCUT2D eigenvalue weighted by molar-refractivity contribution is 8.00. The summed E-state index contributed by atoms with van der Waals surface area (Å²) in [7, 11) is -6.39. The number of amidine groups is 1. The van der Waals surface area contributed by atoms with Gasteiger partial charge in [-0.15, -0.1) is 0 Å². The molecule has 3 N–H and O–H groups in total. The Bertz CT molecular complexity index is 1930. The van der Waals surface area contributed by atoms with Crippen LogP contribution in [-0.4, -0.2) is 53.2 Å². The van der Waals surface area contributed by atoms with Gasteiger partial charge in [0.1, 0.15) is 4.51 Å². The third-order valence-electron chi connectivity index (χ3n) is 5.36. The Morgan fingerprint density at radius 2 is 1.86 bits per heavy atom. The minimum atomic E-state index is -5.12. The Morgan fingerprint density at radius 3 is 2.49 bits per heavy atom. The number of thioether (sulfide) groups is 1. The second-order valence-corrected chi connectivity index (χ2v) is 12.1. The number of rotatable bonds is 6. The predicted octanol–water partition coefficient (Wildman–Crippen LogP) is -0.512. The number of benzene rings is 1. The average molecular weight is 582 g/mol. The maximum atomic E-state index is 13.5. The summed E-state index contributed by atoms with van der Waals surface area (Å²) in [5.74, 6) is -0.0162. The highest BCUT2D eigenvalue weighted by Gasteiger charge is 2.37. The molecule has 0 radical (unpaired) electrons. The van der Waals surface area contributed by atoms with E-state index in [1.807, 2.05) is 0 Å². The van der Waals surface area contributed by atoms with Gasteiger partial charge >= 0.3 is 11.9 Å². The molecule has 0 saturated carbocycles. The second-order valence-electron chi connectivity index (χ2n) is 7.84. The van der Waals surface area contributed by atoms with Gasteiger partial charge in [0.25, 0.3) is 5.56 Å². The van der Waals surface area contributed by atoms with Gasteiger partial charge in [-0.1, -0.05) is 0 Å². The number of imidazole rings is 1. The summed E-state index contributed by atoms with van der Waals surface area (Å²) in [5.41, 5.74) is -2.30. The van der Waals surface area contributed by atoms with Crippen molar-refractivity contribution >= 4 is 48.8 Å². The first-order chi connectivity index (χ1) is 17.0. The molecule has 37 heavy (non-hydrogen) atoms. The van der Waals surface area contributed by atoms with Crippen molar-refractivity contribution in [3.05, 3.63) is 54.7 Å². The van der Waals surface area contributed by atoms with E-state index in [2.05, 4.69) is 14.4 Å². The molecule has 0 amide bonds. The van der Waals surface area contributed by atoms with Crippen molar-refractivity contribution in [3.63, 3.8) is 0 Å². The number of alkyl halides is 3. The van der Waals surface area contributed by atoms with Crippen molar-refractivity contribution in [2.75, 3.05) is 11.5 Å². The summed E-state index contributed by atoms with van der Waals surface area (Å²) in [6, 6.07) is 0.715. The number of aryl methyl sites for hydroxylation is 2. The smallest absolute Gasteiger partial charge is 0.324 e. The average Bonchev–Trinajstić information content (AvgIpc) is 3.21. The molecule has 19 heteroatoms. The van der Waals surface area contributed by atoms with E-state index in [9.17, 15) is 39.9 Å². The minimum Gasteiger partial charge on any atom is -0.324 e. The van der Waals surface area contributed by atoms with Gasteiger partial charge < -0.3 is 4.57 Å². The number of fused-ring (bicyclic) bond motifs is 2. The van der Waals surface area contributed by atoms with Crippen molar-refractivity contribution in [2.24, 2.45) is 28.6 Å². The zero-order valence-corrected chi connectivity index (χ0v) is 21.4. The third kappa shape index (κ3) is 4.96. The number of aromatic nitrogens is 4. The third-order valence-corrected chi connectivity index (χ3v) is 8.61. The molecule has 1 atom stereocenters. The van der Waals surface area contributed by atoms with Crippen LogP contribution in [0.1, 0.15) is 5.56 Å². The lowest BCUT2D eigenvalue weighted by Crippen LogP contribution is -2.37. The molecule has 3 aromatic rings. The van der Waals surface area contributed by atoms with Gasteiger partial charge in [0.15, 0.2) is 27.0 Å². The Hall–Kier alpha value is -3.00. The van der Waals surface area contributed by atoms with Crippen LogP contribution < -0.4 is 21.7 Å². The van der Waals surface area contributed by atoms with Gasteiger partial charge in [0, 0.05) is 26.4 Å². The molecule has 13 nitrogen and oxygen atoms in total. The highest BCUT2D eigenvalue weighted by atomic mass is 32.2. The lowest BCUT2D eigenvalue weighted by atomic mass is 10.2. The van der Waals surface area contributed by atoms with Crippen LogP contribution >= 0.6 is 11.8 Å². The molecular formula is C18H18F3N7O6S3. The second kappa shape index (κ2) is 9.08. The van der Waals surface area contributed by atoms with E-state index >= 15 is 0 Å². The molecule has 0 spiro atoms. The van der Waals surface area contributed by atoms with Gasteiger partial charge in [-0.25, -0.2) is 32.5 Å². The number of halogens is 3. The van der Waals surface area contributed by atoms with Crippen molar-refractivity contribution in [1.82, 2.24) is 18.7 Å². The number of primary sulfonamides is 1. The van der Waals surface area contributed by atoms with Crippen LogP contribution in [0.3, 0.4) is 0 Å². The largest absolute Gasteiger partial charge is 0.417 e. The minimum absolute atomic E-state index is 0.0849. The Morgan fingerprint density at radius 1 is 1.19 bits per heavy atom. The molecule has 1 unspecified atom stereocenters. The summed E-state index contributed by atoms with van der Waals surface area (Å²) in [5, 5.41) is 4.32. The summed E-state index contributed by atoms with van der Waals surface area (Å²) in [4.78, 5) is 31.2. The van der Waals surface area contributed by atoms with Crippen LogP contribution in [0.15, 0.2) is 42.3 Å². The Balaban J connectivity index is 1.62. The van der Waals surface area contributed by atoms with E-state index in [1.165, 1.54) is 29.6 Å². The van der Waals surface area contributed by atoms with E-state index < -0.39 is 57.8 Å². The number of nitrogens with zero attached hydrogens (tertiary/aromatic N) is 6. The van der Waals surface area contributed by atoms with Crippen molar-refractivity contribution in [2.45, 2.75) is 17.6 Å². The molecule has 4 rings (SSSR count). The number of hydrogen-bond donors (Lipinski definition) is 2. The van der Waals surface area contributed by atoms with E-state index in [0.717, 1.165) is 16.3 Å². The van der Waals surface area contributed by atoms with Gasteiger partial charge in [0.05, 0.1) is 27.9 Å². The summed E-state index contributed by atoms with van der Waals surface area (Å²) < 4.78 is 93.3. The van der Waals surface area contributed by atoms with E-state index in [0.29, 0.717) is 17.9 Å². The van der Waals surface area contributed by atoms with Crippen LogP contribution in [0.4, 0.5) is 13.2 Å². The van der Waals surface area contributed by atoms with Crippen molar-refractivity contribution < 1.29 is 30.4 Å². The maximum absolute atomic E-state index is 13.5. The summed E-state index contributed by atoms with van der Waals surface area (Å²) in [6.07, 6.45) is -3.74. The van der Waals surface area contributed by atoms with Crippen LogP contribution in [0.25, 0.3) is 11.2 Å². The fraction of sp³-hybridized carbons (Fsp3) is 0.333. The lowest BCUT2D eigenvalue weighted by Gasteiger charge is -2.14. The zero-order chi connectivity index (χ0) is 27.5. The highest BCUT2D eigenvalue weighted by Crippen LogP contribution is 2.33. The van der Waals surface area contributed by atoms with E-state index in [-0.39, 0.29) is 29.3 Å². The molecule has 0 fully saturated rings. The van der Waals surface area contributed by atoms with E-state index in [4.69, 9.17) is 5.14 Å². The van der Waals surface area contributed by atoms with Gasteiger partial charge in [-0.3, -0.25) is 18.5 Å². The normalized spacial score (nSPS) is 18.0. The van der Waals surface area contributed by atoms with Gasteiger partial charge in [0.2, 0.25) is 10.0 Å². The molecule has 0 aliphatic carbocycles. The monoisotopic (exact) mass is 581 g/mol. The molecule has 0 bridgehead atoms. The number of nitrogens with two attached hydrogens (primary N) is 1. The molecule has 2 aromatic heterocycles. The lowest BCUT2D eigenvalue weighted by molar-refractivity contribution is -0.140. The molecule has 1 aromatic carbocycles. The maximum Gasteiger partial charge on any atom is 0.417 e. The fourth-order valence-electron chi connectivity index (χ4n) is 3.61. The van der Waals surface area contributed by atoms with Crippen LogP contribution in [0.2, 0.25) is 0 Å². The van der Waals surface area contributed by atoms with Crippen molar-refractivity contribution in [1.29, 1.82) is 0 Å². The molecule has 200 valence electrons. The van der Waals surface area contributed by atoms with E-state index in [1.54, 1.807) is 0 Å². The topological polar surface area (TPSA) is 184 Å². The van der Waals surface area contributed by atoms with Gasteiger partial charge in [-0.2, -0.15) is 29.3 Å². The Labute approximate surface area is 210 Å². The Kier molecular flexibility index (Phi) is 6.64.